The second-order valence-electron chi connectivity index (χ2n) is 17.8. The molecule has 0 aromatic heterocycles. The summed E-state index contributed by atoms with van der Waals surface area (Å²) < 4.78 is 0. The molecule has 0 aliphatic heterocycles. The number of nitrogens with zero attached hydrogens (tertiary/aromatic N) is 1. The summed E-state index contributed by atoms with van der Waals surface area (Å²) >= 11 is 0. The van der Waals surface area contributed by atoms with Crippen molar-refractivity contribution in [3.05, 3.63) is 77.4 Å². The Morgan fingerprint density at radius 3 is 1.10 bits per heavy atom. The zero-order valence-electron chi connectivity index (χ0n) is 42.9. The zero-order valence-corrected chi connectivity index (χ0v) is 42.9. The standard InChI is InChI=1S/C55H97N.2C2H6/c1-10-15-18-20-22-23-24-25-26-27-29-31-34-37-49(7)41-44-56(43-40-48(6)36-33-30-28-21-19-16-11-2)42-35-38-50(8)45-55-52(13-4)46-54(47-53(55)14-5)51(9)39-32-17-12-3;2*1-2/h46-47H,6-45H2,1-5H3;2*1-2H3. The van der Waals surface area contributed by atoms with Gasteiger partial charge in [0, 0.05) is 13.1 Å². The van der Waals surface area contributed by atoms with E-state index in [0.29, 0.717) is 0 Å². The van der Waals surface area contributed by atoms with Crippen LogP contribution in [0.15, 0.2) is 55.2 Å². The highest BCUT2D eigenvalue weighted by Gasteiger charge is 2.13. The average Bonchev–Trinajstić information content (AvgIpc) is 3.27. The second kappa shape index (κ2) is 45.2. The lowest BCUT2D eigenvalue weighted by Crippen LogP contribution is -2.28. The molecule has 0 bridgehead atoms. The molecule has 350 valence electrons. The van der Waals surface area contributed by atoms with Crippen molar-refractivity contribution in [3.63, 3.8) is 0 Å². The normalized spacial score (nSPS) is 10.9. The minimum atomic E-state index is 1.01. The minimum Gasteiger partial charge on any atom is -0.303 e. The van der Waals surface area contributed by atoms with E-state index in [-0.39, 0.29) is 0 Å². The third-order valence-electron chi connectivity index (χ3n) is 12.4. The molecule has 0 aliphatic rings. The third-order valence-corrected chi connectivity index (χ3v) is 12.4. The number of unbranched alkanes of at least 4 members (excludes halogenated alkanes) is 20. The summed E-state index contributed by atoms with van der Waals surface area (Å²) in [6.07, 6.45) is 43.1. The fraction of sp³-hybridized carbons (Fsp3) is 0.763. The number of rotatable bonds is 41. The molecule has 0 spiro atoms. The van der Waals surface area contributed by atoms with Gasteiger partial charge in [-0.1, -0.05) is 246 Å². The summed E-state index contributed by atoms with van der Waals surface area (Å²) in [5.41, 5.74) is 11.5. The highest BCUT2D eigenvalue weighted by atomic mass is 15.1. The van der Waals surface area contributed by atoms with E-state index in [2.05, 4.69) is 78.0 Å². The monoisotopic (exact) mass is 832 g/mol. The van der Waals surface area contributed by atoms with Crippen molar-refractivity contribution in [1.29, 1.82) is 0 Å². The lowest BCUT2D eigenvalue weighted by Gasteiger charge is -2.24. The average molecular weight is 833 g/mol. The zero-order chi connectivity index (χ0) is 45.1. The van der Waals surface area contributed by atoms with Gasteiger partial charge in [-0.05, 0) is 118 Å². The van der Waals surface area contributed by atoms with Crippen molar-refractivity contribution in [2.24, 2.45) is 0 Å². The maximum absolute atomic E-state index is 4.64. The number of benzene rings is 1. The molecule has 0 atom stereocenters. The maximum atomic E-state index is 4.64. The number of hydrogen-bond donors (Lipinski definition) is 0. The van der Waals surface area contributed by atoms with E-state index >= 15 is 0 Å². The molecule has 0 amide bonds. The predicted molar refractivity (Wildman–Crippen MR) is 280 cm³/mol. The van der Waals surface area contributed by atoms with Gasteiger partial charge in [0.1, 0.15) is 0 Å². The van der Waals surface area contributed by atoms with Gasteiger partial charge in [-0.15, -0.1) is 0 Å². The Bertz CT molecular complexity index is 1130. The minimum absolute atomic E-state index is 1.01. The maximum Gasteiger partial charge on any atom is 0.00186 e. The van der Waals surface area contributed by atoms with Gasteiger partial charge in [0.2, 0.25) is 0 Å². The molecule has 0 radical (unpaired) electrons. The van der Waals surface area contributed by atoms with Gasteiger partial charge in [-0.3, -0.25) is 0 Å². The van der Waals surface area contributed by atoms with E-state index in [1.54, 1.807) is 0 Å². The highest BCUT2D eigenvalue weighted by molar-refractivity contribution is 5.66. The van der Waals surface area contributed by atoms with Crippen LogP contribution in [0.5, 0.6) is 0 Å². The van der Waals surface area contributed by atoms with Crippen molar-refractivity contribution in [2.75, 3.05) is 19.6 Å². The molecule has 0 heterocycles. The largest absolute Gasteiger partial charge is 0.303 e. The molecule has 0 N–H and O–H groups in total. The Labute approximate surface area is 380 Å². The second-order valence-corrected chi connectivity index (χ2v) is 17.8. The Kier molecular flexibility index (Phi) is 45.3. The van der Waals surface area contributed by atoms with Crippen molar-refractivity contribution in [2.45, 2.75) is 274 Å². The summed E-state index contributed by atoms with van der Waals surface area (Å²) in [7, 11) is 0. The predicted octanol–water partition coefficient (Wildman–Crippen LogP) is 20.2. The van der Waals surface area contributed by atoms with Gasteiger partial charge in [-0.2, -0.15) is 0 Å². The Hall–Kier alpha value is -1.86. The van der Waals surface area contributed by atoms with Crippen LogP contribution in [-0.2, 0) is 19.3 Å². The first-order chi connectivity index (χ1) is 29.3. The van der Waals surface area contributed by atoms with Crippen LogP contribution < -0.4 is 0 Å². The van der Waals surface area contributed by atoms with Gasteiger partial charge in [-0.25, -0.2) is 0 Å². The molecular formula is C59H109N. The summed E-state index contributed by atoms with van der Waals surface area (Å²) in [4.78, 5) is 2.73. The first kappa shape index (κ1) is 60.2. The molecule has 0 unspecified atom stereocenters. The summed E-state index contributed by atoms with van der Waals surface area (Å²) in [5, 5.41) is 0. The van der Waals surface area contributed by atoms with E-state index in [4.69, 9.17) is 0 Å². The molecule has 1 aromatic carbocycles. The lowest BCUT2D eigenvalue weighted by molar-refractivity contribution is 0.274. The summed E-state index contributed by atoms with van der Waals surface area (Å²) in [6.45, 7) is 41.1. The van der Waals surface area contributed by atoms with E-state index in [1.807, 2.05) is 27.7 Å². The van der Waals surface area contributed by atoms with Gasteiger partial charge >= 0.3 is 0 Å². The van der Waals surface area contributed by atoms with Crippen molar-refractivity contribution in [3.8, 4) is 0 Å². The van der Waals surface area contributed by atoms with Crippen LogP contribution in [0.1, 0.15) is 277 Å². The van der Waals surface area contributed by atoms with E-state index in [9.17, 15) is 0 Å². The SMILES string of the molecule is C=C(CCCCCCCCC)CCN(CCCC(=C)Cc1c(CC)cc(C(=C)CCCCC)cc1CC)CCC(=C)CCCCCCCCCCCCCCC.CC.CC. The quantitative estimate of drug-likeness (QED) is 0.0469. The lowest BCUT2D eigenvalue weighted by atomic mass is 9.87. The Balaban J connectivity index is 0. The van der Waals surface area contributed by atoms with Crippen LogP contribution in [-0.4, -0.2) is 24.5 Å². The molecule has 1 rings (SSSR count). The van der Waals surface area contributed by atoms with E-state index < -0.39 is 0 Å². The first-order valence-electron chi connectivity index (χ1n) is 26.8. The number of allylic oxidation sites excluding steroid dienone is 2. The molecule has 0 fully saturated rings. The third kappa shape index (κ3) is 33.7. The van der Waals surface area contributed by atoms with Crippen LogP contribution in [0.3, 0.4) is 0 Å². The number of aryl methyl sites for hydroxylation is 2. The Morgan fingerprint density at radius 2 is 0.717 bits per heavy atom. The van der Waals surface area contributed by atoms with E-state index in [0.717, 1.165) is 64.6 Å². The van der Waals surface area contributed by atoms with Crippen molar-refractivity contribution >= 4 is 5.57 Å². The highest BCUT2D eigenvalue weighted by Crippen LogP contribution is 2.29. The number of hydrogen-bond acceptors (Lipinski definition) is 1. The first-order valence-corrected chi connectivity index (χ1v) is 26.8. The molecule has 0 aliphatic carbocycles. The smallest absolute Gasteiger partial charge is 0.00186 e. The molecule has 0 saturated heterocycles. The molecule has 1 heteroatoms. The topological polar surface area (TPSA) is 3.24 Å². The van der Waals surface area contributed by atoms with Gasteiger partial charge < -0.3 is 4.90 Å². The molecule has 1 aromatic rings. The van der Waals surface area contributed by atoms with Crippen LogP contribution >= 0.6 is 0 Å². The van der Waals surface area contributed by atoms with E-state index in [1.165, 1.54) is 211 Å². The van der Waals surface area contributed by atoms with Gasteiger partial charge in [0.15, 0.2) is 0 Å². The van der Waals surface area contributed by atoms with Gasteiger partial charge in [0.25, 0.3) is 0 Å². The van der Waals surface area contributed by atoms with Crippen LogP contribution in [0, 0.1) is 0 Å². The summed E-state index contributed by atoms with van der Waals surface area (Å²) in [6, 6.07) is 4.89. The molecule has 0 saturated carbocycles. The van der Waals surface area contributed by atoms with Crippen LogP contribution in [0.25, 0.3) is 5.57 Å². The molecule has 1 nitrogen and oxygen atoms in total. The Morgan fingerprint density at radius 1 is 0.383 bits per heavy atom. The molecule has 60 heavy (non-hydrogen) atoms. The molecular weight excluding hydrogens is 723 g/mol. The fourth-order valence-corrected chi connectivity index (χ4v) is 8.43. The summed E-state index contributed by atoms with van der Waals surface area (Å²) in [5.74, 6) is 0. The van der Waals surface area contributed by atoms with Gasteiger partial charge in [0.05, 0.1) is 0 Å². The van der Waals surface area contributed by atoms with Crippen molar-refractivity contribution < 1.29 is 0 Å². The van der Waals surface area contributed by atoms with Crippen LogP contribution in [0.4, 0.5) is 0 Å². The van der Waals surface area contributed by atoms with Crippen LogP contribution in [0.2, 0.25) is 0 Å². The van der Waals surface area contributed by atoms with Crippen molar-refractivity contribution in [1.82, 2.24) is 4.90 Å². The fourth-order valence-electron chi connectivity index (χ4n) is 8.43.